The summed E-state index contributed by atoms with van der Waals surface area (Å²) in [7, 11) is -3.81. The van der Waals surface area contributed by atoms with Crippen LogP contribution in [0.2, 0.25) is 0 Å². The van der Waals surface area contributed by atoms with Crippen LogP contribution in [0, 0.1) is 11.6 Å². The topological polar surface area (TPSA) is 68.1 Å². The van der Waals surface area contributed by atoms with Crippen LogP contribution in [0.25, 0.3) is 0 Å². The molecule has 23 heavy (non-hydrogen) atoms. The molecule has 1 saturated heterocycles. The summed E-state index contributed by atoms with van der Waals surface area (Å²) in [5, 5.41) is 8.15. The summed E-state index contributed by atoms with van der Waals surface area (Å²) in [5.74, 6) is -1.75. The molecule has 0 spiro atoms. The Labute approximate surface area is 131 Å². The highest BCUT2D eigenvalue weighted by Gasteiger charge is 2.39. The largest absolute Gasteiger partial charge is 0.247 e. The van der Waals surface area contributed by atoms with Crippen molar-refractivity contribution in [3.05, 3.63) is 41.7 Å². The zero-order valence-corrected chi connectivity index (χ0v) is 12.9. The zero-order chi connectivity index (χ0) is 16.2. The van der Waals surface area contributed by atoms with E-state index in [2.05, 4.69) is 10.3 Å². The maximum Gasteiger partial charge on any atom is 0.243 e. The Morgan fingerprint density at radius 1 is 1.13 bits per heavy atom. The van der Waals surface area contributed by atoms with Gasteiger partial charge in [-0.3, -0.25) is 0 Å². The molecule has 0 bridgehead atoms. The lowest BCUT2D eigenvalue weighted by Gasteiger charge is -2.37. The lowest BCUT2D eigenvalue weighted by Crippen LogP contribution is -2.50. The normalized spacial score (nSPS) is 19.7. The predicted octanol–water partition coefficient (Wildman–Crippen LogP) is 1.68. The van der Waals surface area contributed by atoms with Gasteiger partial charge in [-0.2, -0.15) is 4.31 Å². The molecular weight excluding hydrogens is 326 g/mol. The molecule has 1 aromatic carbocycles. The molecule has 2 aliphatic rings. The van der Waals surface area contributed by atoms with Gasteiger partial charge in [0.1, 0.15) is 0 Å². The lowest BCUT2D eigenvalue weighted by molar-refractivity contribution is 0.188. The number of halogens is 2. The van der Waals surface area contributed by atoms with Crippen LogP contribution in [0.5, 0.6) is 0 Å². The van der Waals surface area contributed by atoms with Gasteiger partial charge in [0.2, 0.25) is 10.0 Å². The molecule has 0 N–H and O–H groups in total. The van der Waals surface area contributed by atoms with Crippen LogP contribution in [-0.2, 0) is 10.0 Å². The number of benzene rings is 1. The second-order valence-electron chi connectivity index (χ2n) is 5.95. The van der Waals surface area contributed by atoms with E-state index in [0.29, 0.717) is 12.0 Å². The highest BCUT2D eigenvalue weighted by molar-refractivity contribution is 7.89. The number of aromatic nitrogens is 3. The average Bonchev–Trinajstić information content (AvgIpc) is 3.20. The lowest BCUT2D eigenvalue weighted by atomic mass is 10.2. The number of sulfonamides is 1. The summed E-state index contributed by atoms with van der Waals surface area (Å²) < 4.78 is 53.8. The van der Waals surface area contributed by atoms with Crippen molar-refractivity contribution in [1.29, 1.82) is 0 Å². The van der Waals surface area contributed by atoms with E-state index >= 15 is 0 Å². The van der Waals surface area contributed by atoms with Crippen molar-refractivity contribution in [1.82, 2.24) is 19.3 Å². The number of hydrogen-bond donors (Lipinski definition) is 0. The van der Waals surface area contributed by atoms with Crippen LogP contribution in [0.4, 0.5) is 8.78 Å². The third kappa shape index (κ3) is 2.53. The molecule has 1 aliphatic heterocycles. The molecule has 1 aromatic heterocycles. The number of rotatable bonds is 4. The first-order valence-electron chi connectivity index (χ1n) is 7.32. The van der Waals surface area contributed by atoms with Crippen molar-refractivity contribution >= 4 is 10.0 Å². The van der Waals surface area contributed by atoms with Crippen LogP contribution < -0.4 is 0 Å². The van der Waals surface area contributed by atoms with Crippen LogP contribution in [0.1, 0.15) is 30.5 Å². The van der Waals surface area contributed by atoms with E-state index in [-0.39, 0.29) is 24.0 Å². The number of nitrogens with zero attached hydrogens (tertiary/aromatic N) is 4. The van der Waals surface area contributed by atoms with Crippen molar-refractivity contribution in [3.63, 3.8) is 0 Å². The van der Waals surface area contributed by atoms with Crippen LogP contribution in [0.15, 0.2) is 29.3 Å². The highest BCUT2D eigenvalue weighted by Crippen LogP contribution is 2.39. The summed E-state index contributed by atoms with van der Waals surface area (Å²) in [5.41, 5.74) is 0.951. The Bertz CT molecular complexity index is 857. The van der Waals surface area contributed by atoms with E-state index < -0.39 is 21.7 Å². The smallest absolute Gasteiger partial charge is 0.243 e. The highest BCUT2D eigenvalue weighted by atomic mass is 32.2. The summed E-state index contributed by atoms with van der Waals surface area (Å²) in [6.45, 7) is 0.490. The van der Waals surface area contributed by atoms with Crippen molar-refractivity contribution in [3.8, 4) is 0 Å². The first kappa shape index (κ1) is 14.7. The fourth-order valence-electron chi connectivity index (χ4n) is 2.60. The molecule has 1 aliphatic carbocycles. The monoisotopic (exact) mass is 340 g/mol. The van der Waals surface area contributed by atoms with E-state index in [1.807, 2.05) is 6.20 Å². The molecule has 0 atom stereocenters. The Hall–Kier alpha value is -1.87. The molecule has 6 nitrogen and oxygen atoms in total. The minimum atomic E-state index is -3.81. The van der Waals surface area contributed by atoms with E-state index in [4.69, 9.17) is 0 Å². The van der Waals surface area contributed by atoms with Gasteiger partial charge >= 0.3 is 0 Å². The maximum atomic E-state index is 13.2. The van der Waals surface area contributed by atoms with E-state index in [9.17, 15) is 17.2 Å². The number of hydrogen-bond acceptors (Lipinski definition) is 4. The van der Waals surface area contributed by atoms with Gasteiger partial charge < -0.3 is 0 Å². The van der Waals surface area contributed by atoms with Gasteiger partial charge in [0, 0.05) is 25.2 Å². The van der Waals surface area contributed by atoms with E-state index in [1.54, 1.807) is 4.68 Å². The minimum absolute atomic E-state index is 0.0740. The Morgan fingerprint density at radius 3 is 2.52 bits per heavy atom. The molecule has 9 heteroatoms. The van der Waals surface area contributed by atoms with Gasteiger partial charge in [-0.25, -0.2) is 21.9 Å². The van der Waals surface area contributed by atoms with Crippen LogP contribution >= 0.6 is 0 Å². The SMILES string of the molecule is O=S(=O)(c1ccc(F)c(F)c1)N1CC(n2cc(C3CC3)nn2)C1. The molecule has 2 aromatic rings. The Balaban J connectivity index is 1.48. The maximum absolute atomic E-state index is 13.2. The van der Waals surface area contributed by atoms with Crippen molar-refractivity contribution in [2.45, 2.75) is 29.7 Å². The Kier molecular flexibility index (Phi) is 3.24. The molecule has 0 radical (unpaired) electrons. The molecular formula is C14H14F2N4O2S. The van der Waals surface area contributed by atoms with Gasteiger partial charge in [-0.05, 0) is 31.0 Å². The molecule has 122 valence electrons. The second-order valence-corrected chi connectivity index (χ2v) is 7.89. The molecule has 4 rings (SSSR count). The van der Waals surface area contributed by atoms with E-state index in [1.165, 1.54) is 4.31 Å². The van der Waals surface area contributed by atoms with Gasteiger partial charge in [0.25, 0.3) is 0 Å². The minimum Gasteiger partial charge on any atom is -0.247 e. The van der Waals surface area contributed by atoms with Crippen LogP contribution in [0.3, 0.4) is 0 Å². The summed E-state index contributed by atoms with van der Waals surface area (Å²) in [4.78, 5) is -0.243. The fraction of sp³-hybridized carbons (Fsp3) is 0.429. The zero-order valence-electron chi connectivity index (χ0n) is 12.1. The van der Waals surface area contributed by atoms with Crippen molar-refractivity contribution in [2.75, 3.05) is 13.1 Å². The van der Waals surface area contributed by atoms with Gasteiger partial charge in [-0.15, -0.1) is 5.10 Å². The van der Waals surface area contributed by atoms with Crippen molar-refractivity contribution < 1.29 is 17.2 Å². The summed E-state index contributed by atoms with van der Waals surface area (Å²) in [6.07, 6.45) is 4.11. The molecule has 0 amide bonds. The van der Waals surface area contributed by atoms with Crippen molar-refractivity contribution in [2.24, 2.45) is 0 Å². The fourth-order valence-corrected chi connectivity index (χ4v) is 4.13. The standard InChI is InChI=1S/C14H14F2N4O2S/c15-12-4-3-11(5-13(12)16)23(21,22)19-6-10(7-19)20-8-14(17-18-20)9-1-2-9/h3-5,8-10H,1-2,6-7H2. The van der Waals surface area contributed by atoms with E-state index in [0.717, 1.165) is 30.7 Å². The van der Waals surface area contributed by atoms with Crippen LogP contribution in [-0.4, -0.2) is 40.8 Å². The first-order valence-corrected chi connectivity index (χ1v) is 8.76. The third-order valence-electron chi connectivity index (χ3n) is 4.26. The van der Waals surface area contributed by atoms with Gasteiger partial charge in [0.15, 0.2) is 11.6 Å². The molecule has 2 heterocycles. The average molecular weight is 340 g/mol. The molecule has 1 saturated carbocycles. The van der Waals surface area contributed by atoms with Gasteiger partial charge in [0.05, 0.1) is 16.6 Å². The third-order valence-corrected chi connectivity index (χ3v) is 6.08. The molecule has 0 unspecified atom stereocenters. The van der Waals surface area contributed by atoms with Gasteiger partial charge in [-0.1, -0.05) is 5.21 Å². The predicted molar refractivity (Wildman–Crippen MR) is 76.2 cm³/mol. The Morgan fingerprint density at radius 2 is 1.87 bits per heavy atom. The summed E-state index contributed by atoms with van der Waals surface area (Å²) >= 11 is 0. The molecule has 2 fully saturated rings. The summed E-state index contributed by atoms with van der Waals surface area (Å²) in [6, 6.07) is 2.52. The quantitative estimate of drug-likeness (QED) is 0.849. The first-order chi connectivity index (χ1) is 10.9. The second kappa shape index (κ2) is 5.07.